The Hall–Kier alpha value is -2.08. The first-order chi connectivity index (χ1) is 15.1. The number of hydrogen-bond donors (Lipinski definition) is 0. The summed E-state index contributed by atoms with van der Waals surface area (Å²) in [6, 6.07) is 8.19. The van der Waals surface area contributed by atoms with Crippen molar-refractivity contribution in [3.8, 4) is 5.75 Å². The van der Waals surface area contributed by atoms with Crippen molar-refractivity contribution >= 4 is 20.3 Å². The summed E-state index contributed by atoms with van der Waals surface area (Å²) in [6.07, 6.45) is 3.26. The summed E-state index contributed by atoms with van der Waals surface area (Å²) in [5.74, 6) is 0.220. The van der Waals surface area contributed by atoms with Crippen molar-refractivity contribution in [2.45, 2.75) is 84.4 Å². The minimum atomic E-state index is -1.97. The van der Waals surface area contributed by atoms with E-state index in [1.807, 2.05) is 12.1 Å². The highest BCUT2D eigenvalue weighted by molar-refractivity contribution is 6.78. The SMILES string of the molecule is C/C=C1/C(=O)OCCC1CC(=O)OCCc1ccc(O[Si](C(C)C)(C(C)C)C(C)C)cc1. The maximum atomic E-state index is 12.3. The third-order valence-electron chi connectivity index (χ3n) is 6.68. The molecule has 0 amide bonds. The van der Waals surface area contributed by atoms with E-state index in [1.54, 1.807) is 13.0 Å². The first kappa shape index (κ1) is 26.2. The largest absolute Gasteiger partial charge is 0.543 e. The Bertz CT molecular complexity index is 773. The molecule has 1 heterocycles. The first-order valence-electron chi connectivity index (χ1n) is 11.9. The number of benzene rings is 1. The molecular formula is C26H40O5Si. The van der Waals surface area contributed by atoms with Crippen molar-refractivity contribution in [3.63, 3.8) is 0 Å². The Morgan fingerprint density at radius 1 is 1.09 bits per heavy atom. The van der Waals surface area contributed by atoms with Crippen LogP contribution in [0.1, 0.15) is 66.9 Å². The molecule has 1 fully saturated rings. The Morgan fingerprint density at radius 3 is 2.22 bits per heavy atom. The third kappa shape index (κ3) is 6.24. The summed E-state index contributed by atoms with van der Waals surface area (Å²) in [5, 5.41) is 0. The second kappa shape index (κ2) is 11.7. The van der Waals surface area contributed by atoms with Gasteiger partial charge in [0.1, 0.15) is 5.75 Å². The van der Waals surface area contributed by atoms with Crippen LogP contribution in [0.4, 0.5) is 0 Å². The van der Waals surface area contributed by atoms with E-state index in [1.165, 1.54) is 0 Å². The number of carbonyl (C=O) groups is 2. The van der Waals surface area contributed by atoms with Gasteiger partial charge >= 0.3 is 11.9 Å². The molecule has 0 aliphatic carbocycles. The average Bonchev–Trinajstić information content (AvgIpc) is 2.72. The highest BCUT2D eigenvalue weighted by atomic mass is 28.4. The molecule has 1 aromatic carbocycles. The van der Waals surface area contributed by atoms with Gasteiger partial charge < -0.3 is 13.9 Å². The van der Waals surface area contributed by atoms with Gasteiger partial charge in [-0.3, -0.25) is 4.79 Å². The third-order valence-corrected chi connectivity index (χ3v) is 12.7. The van der Waals surface area contributed by atoms with Crippen molar-refractivity contribution in [1.29, 1.82) is 0 Å². The lowest BCUT2D eigenvalue weighted by molar-refractivity contribution is -0.147. The zero-order chi connectivity index (χ0) is 23.9. The van der Waals surface area contributed by atoms with E-state index >= 15 is 0 Å². The fourth-order valence-electron chi connectivity index (χ4n) is 5.09. The van der Waals surface area contributed by atoms with Gasteiger partial charge in [0.25, 0.3) is 8.32 Å². The van der Waals surface area contributed by atoms with Crippen LogP contribution in [0.2, 0.25) is 16.6 Å². The van der Waals surface area contributed by atoms with Gasteiger partial charge in [0.05, 0.1) is 19.6 Å². The van der Waals surface area contributed by atoms with Gasteiger partial charge in [-0.05, 0) is 47.7 Å². The molecule has 0 aromatic heterocycles. The Morgan fingerprint density at radius 2 is 1.69 bits per heavy atom. The predicted molar refractivity (Wildman–Crippen MR) is 130 cm³/mol. The zero-order valence-corrected chi connectivity index (χ0v) is 21.8. The number of hydrogen-bond acceptors (Lipinski definition) is 5. The predicted octanol–water partition coefficient (Wildman–Crippen LogP) is 6.23. The number of allylic oxidation sites excluding steroid dienone is 1. The van der Waals surface area contributed by atoms with Crippen molar-refractivity contribution in [1.82, 2.24) is 0 Å². The van der Waals surface area contributed by atoms with Gasteiger partial charge in [0, 0.05) is 17.9 Å². The van der Waals surface area contributed by atoms with E-state index in [0.29, 0.717) is 48.3 Å². The minimum absolute atomic E-state index is 0.113. The Labute approximate surface area is 194 Å². The van der Waals surface area contributed by atoms with E-state index in [0.717, 1.165) is 11.3 Å². The molecule has 1 aromatic rings. The fourth-order valence-corrected chi connectivity index (χ4v) is 10.3. The molecule has 0 bridgehead atoms. The van der Waals surface area contributed by atoms with Crippen LogP contribution in [0.3, 0.4) is 0 Å². The number of rotatable bonds is 10. The monoisotopic (exact) mass is 460 g/mol. The number of carbonyl (C=O) groups excluding carboxylic acids is 2. The van der Waals surface area contributed by atoms with Crippen molar-refractivity contribution in [2.24, 2.45) is 5.92 Å². The molecule has 1 saturated heterocycles. The lowest BCUT2D eigenvalue weighted by atomic mass is 9.90. The van der Waals surface area contributed by atoms with Gasteiger partial charge in [-0.1, -0.05) is 59.8 Å². The Kier molecular flexibility index (Phi) is 9.56. The van der Waals surface area contributed by atoms with Crippen LogP contribution in [-0.4, -0.2) is 33.5 Å². The number of cyclic esters (lactones) is 1. The maximum absolute atomic E-state index is 12.3. The minimum Gasteiger partial charge on any atom is -0.543 e. The van der Waals surface area contributed by atoms with Crippen molar-refractivity contribution < 1.29 is 23.5 Å². The normalized spacial score (nSPS) is 18.4. The lowest BCUT2D eigenvalue weighted by Gasteiger charge is -2.42. The van der Waals surface area contributed by atoms with Gasteiger partial charge in [-0.2, -0.15) is 0 Å². The summed E-state index contributed by atoms with van der Waals surface area (Å²) in [7, 11) is -1.97. The van der Waals surface area contributed by atoms with Crippen LogP contribution < -0.4 is 4.43 Å². The van der Waals surface area contributed by atoms with Gasteiger partial charge in [-0.15, -0.1) is 0 Å². The smallest absolute Gasteiger partial charge is 0.333 e. The van der Waals surface area contributed by atoms with Gasteiger partial charge in [0.2, 0.25) is 0 Å². The highest BCUT2D eigenvalue weighted by Gasteiger charge is 2.46. The number of ether oxygens (including phenoxy) is 2. The second-order valence-corrected chi connectivity index (χ2v) is 15.0. The molecule has 0 radical (unpaired) electrons. The molecule has 1 aliphatic rings. The topological polar surface area (TPSA) is 61.8 Å². The molecule has 0 spiro atoms. The van der Waals surface area contributed by atoms with Crippen molar-refractivity contribution in [3.05, 3.63) is 41.5 Å². The molecule has 5 nitrogen and oxygen atoms in total. The lowest BCUT2D eigenvalue weighted by Crippen LogP contribution is -2.50. The van der Waals surface area contributed by atoms with Crippen LogP contribution in [0, 0.1) is 5.92 Å². The quantitative estimate of drug-likeness (QED) is 0.235. The molecule has 1 unspecified atom stereocenters. The fraction of sp³-hybridized carbons (Fsp3) is 0.615. The molecule has 1 aliphatic heterocycles. The summed E-state index contributed by atoms with van der Waals surface area (Å²) < 4.78 is 17.2. The highest BCUT2D eigenvalue weighted by Crippen LogP contribution is 2.42. The van der Waals surface area contributed by atoms with E-state index in [9.17, 15) is 9.59 Å². The molecular weight excluding hydrogens is 420 g/mol. The first-order valence-corrected chi connectivity index (χ1v) is 14.0. The summed E-state index contributed by atoms with van der Waals surface area (Å²) in [6.45, 7) is 16.2. The van der Waals surface area contributed by atoms with Crippen LogP contribution in [-0.2, 0) is 25.5 Å². The van der Waals surface area contributed by atoms with Crippen LogP contribution in [0.5, 0.6) is 5.75 Å². The molecule has 178 valence electrons. The van der Waals surface area contributed by atoms with E-state index in [2.05, 4.69) is 53.7 Å². The molecule has 0 N–H and O–H groups in total. The summed E-state index contributed by atoms with van der Waals surface area (Å²) >= 11 is 0. The second-order valence-electron chi connectivity index (χ2n) is 9.60. The van der Waals surface area contributed by atoms with E-state index < -0.39 is 8.32 Å². The summed E-state index contributed by atoms with van der Waals surface area (Å²) in [4.78, 5) is 24.0. The maximum Gasteiger partial charge on any atom is 0.333 e. The van der Waals surface area contributed by atoms with Gasteiger partial charge in [-0.25, -0.2) is 4.79 Å². The average molecular weight is 461 g/mol. The van der Waals surface area contributed by atoms with Crippen molar-refractivity contribution in [2.75, 3.05) is 13.2 Å². The molecule has 1 atom stereocenters. The van der Waals surface area contributed by atoms with Crippen LogP contribution >= 0.6 is 0 Å². The zero-order valence-electron chi connectivity index (χ0n) is 20.8. The number of esters is 2. The summed E-state index contributed by atoms with van der Waals surface area (Å²) in [5.41, 5.74) is 3.25. The van der Waals surface area contributed by atoms with E-state index in [-0.39, 0.29) is 24.3 Å². The molecule has 2 rings (SSSR count). The standard InChI is InChI=1S/C26H40O5Si/c1-8-24-22(14-16-30-26(24)28)17-25(27)29-15-13-21-9-11-23(12-10-21)31-32(18(2)3,19(4)5)20(6)7/h8-12,18-20,22H,13-17H2,1-7H3/b24-8+. The Balaban J connectivity index is 1.89. The molecule has 0 saturated carbocycles. The van der Waals surface area contributed by atoms with E-state index in [4.69, 9.17) is 13.9 Å². The van der Waals surface area contributed by atoms with Gasteiger partial charge in [0.15, 0.2) is 0 Å². The molecule has 6 heteroatoms. The van der Waals surface area contributed by atoms with Crippen LogP contribution in [0.25, 0.3) is 0 Å². The van der Waals surface area contributed by atoms with Crippen LogP contribution in [0.15, 0.2) is 35.9 Å². The molecule has 32 heavy (non-hydrogen) atoms.